The van der Waals surface area contributed by atoms with Gasteiger partial charge in [-0.15, -0.1) is 0 Å². The van der Waals surface area contributed by atoms with Gasteiger partial charge in [0.2, 0.25) is 0 Å². The maximum atomic E-state index is 6.13. The van der Waals surface area contributed by atoms with E-state index in [1.807, 2.05) is 12.1 Å². The standard InChI is InChI=1S/C17H19N5O/c1-12-4-6-13(7-5-12)9-19-16-15(18)17(22-11-21-16)20-10-14-3-2-8-23-14/h2-8,11H,9-10,18H2,1H3,(H2,19,20,21,22). The fourth-order valence-electron chi connectivity index (χ4n) is 2.15. The number of anilines is 3. The van der Waals surface area contributed by atoms with Crippen LogP contribution >= 0.6 is 0 Å². The molecule has 0 saturated carbocycles. The van der Waals surface area contributed by atoms with Gasteiger partial charge in [0.25, 0.3) is 0 Å². The zero-order chi connectivity index (χ0) is 16.1. The third-order valence-electron chi connectivity index (χ3n) is 3.47. The third kappa shape index (κ3) is 3.79. The lowest BCUT2D eigenvalue weighted by molar-refractivity contribution is 0.518. The van der Waals surface area contributed by atoms with Crippen LogP contribution in [0.2, 0.25) is 0 Å². The maximum Gasteiger partial charge on any atom is 0.155 e. The molecule has 6 heteroatoms. The Morgan fingerprint density at radius 2 is 1.70 bits per heavy atom. The average molecular weight is 309 g/mol. The Balaban J connectivity index is 1.65. The number of nitrogen functional groups attached to an aromatic ring is 1. The molecule has 0 aliphatic heterocycles. The van der Waals surface area contributed by atoms with Crippen molar-refractivity contribution in [1.29, 1.82) is 0 Å². The number of nitrogens with two attached hydrogens (primary N) is 1. The maximum absolute atomic E-state index is 6.13. The van der Waals surface area contributed by atoms with Crippen LogP contribution in [0.25, 0.3) is 0 Å². The fourth-order valence-corrected chi connectivity index (χ4v) is 2.15. The predicted molar refractivity (Wildman–Crippen MR) is 91.0 cm³/mol. The number of hydrogen-bond acceptors (Lipinski definition) is 6. The molecular formula is C17H19N5O. The zero-order valence-corrected chi connectivity index (χ0v) is 12.9. The minimum atomic E-state index is 0.492. The number of rotatable bonds is 6. The summed E-state index contributed by atoms with van der Waals surface area (Å²) in [5, 5.41) is 6.39. The van der Waals surface area contributed by atoms with Gasteiger partial charge in [-0.1, -0.05) is 29.8 Å². The first kappa shape index (κ1) is 14.9. The molecule has 0 unspecified atom stereocenters. The van der Waals surface area contributed by atoms with Gasteiger partial charge in [-0.25, -0.2) is 9.97 Å². The molecule has 3 rings (SSSR count). The predicted octanol–water partition coefficient (Wildman–Crippen LogP) is 3.18. The van der Waals surface area contributed by atoms with E-state index in [1.165, 1.54) is 17.5 Å². The van der Waals surface area contributed by atoms with Gasteiger partial charge in [0, 0.05) is 6.54 Å². The van der Waals surface area contributed by atoms with E-state index in [2.05, 4.69) is 51.8 Å². The molecule has 0 amide bonds. The molecule has 0 fully saturated rings. The highest BCUT2D eigenvalue weighted by molar-refractivity contribution is 5.73. The van der Waals surface area contributed by atoms with Crippen LogP contribution in [0.5, 0.6) is 0 Å². The molecular weight excluding hydrogens is 290 g/mol. The number of nitrogens with zero attached hydrogens (tertiary/aromatic N) is 2. The van der Waals surface area contributed by atoms with Crippen LogP contribution in [0.15, 0.2) is 53.4 Å². The Morgan fingerprint density at radius 1 is 1.00 bits per heavy atom. The van der Waals surface area contributed by atoms with Crippen LogP contribution in [0, 0.1) is 6.92 Å². The van der Waals surface area contributed by atoms with Crippen molar-refractivity contribution in [2.24, 2.45) is 0 Å². The molecule has 118 valence electrons. The van der Waals surface area contributed by atoms with Crippen molar-refractivity contribution < 1.29 is 4.42 Å². The van der Waals surface area contributed by atoms with Gasteiger partial charge < -0.3 is 20.8 Å². The van der Waals surface area contributed by atoms with Crippen molar-refractivity contribution in [2.75, 3.05) is 16.4 Å². The van der Waals surface area contributed by atoms with E-state index in [0.717, 1.165) is 5.76 Å². The Kier molecular flexibility index (Phi) is 4.42. The zero-order valence-electron chi connectivity index (χ0n) is 12.9. The first-order valence-corrected chi connectivity index (χ1v) is 7.38. The van der Waals surface area contributed by atoms with Crippen molar-refractivity contribution >= 4 is 17.3 Å². The van der Waals surface area contributed by atoms with Gasteiger partial charge in [0.05, 0.1) is 12.8 Å². The molecule has 0 atom stereocenters. The molecule has 23 heavy (non-hydrogen) atoms. The monoisotopic (exact) mass is 309 g/mol. The molecule has 0 aliphatic carbocycles. The molecule has 2 heterocycles. The Labute approximate surface area is 134 Å². The highest BCUT2D eigenvalue weighted by Crippen LogP contribution is 2.23. The molecule has 0 aliphatic rings. The molecule has 2 aromatic heterocycles. The summed E-state index contributed by atoms with van der Waals surface area (Å²) < 4.78 is 5.28. The Hall–Kier alpha value is -3.02. The normalized spacial score (nSPS) is 10.5. The van der Waals surface area contributed by atoms with Gasteiger partial charge in [-0.3, -0.25) is 0 Å². The van der Waals surface area contributed by atoms with Gasteiger partial charge in [0.1, 0.15) is 17.8 Å². The van der Waals surface area contributed by atoms with Crippen LogP contribution < -0.4 is 16.4 Å². The van der Waals surface area contributed by atoms with E-state index in [-0.39, 0.29) is 0 Å². The second kappa shape index (κ2) is 6.83. The highest BCUT2D eigenvalue weighted by Gasteiger charge is 2.08. The lowest BCUT2D eigenvalue weighted by Gasteiger charge is -2.12. The van der Waals surface area contributed by atoms with Gasteiger partial charge >= 0.3 is 0 Å². The summed E-state index contributed by atoms with van der Waals surface area (Å²) in [5.74, 6) is 2.02. The number of furan rings is 1. The van der Waals surface area contributed by atoms with Crippen LogP contribution in [-0.2, 0) is 13.1 Å². The Morgan fingerprint density at radius 3 is 2.35 bits per heavy atom. The smallest absolute Gasteiger partial charge is 0.155 e. The summed E-state index contributed by atoms with van der Waals surface area (Å²) in [6.07, 6.45) is 3.12. The first-order chi connectivity index (χ1) is 11.2. The summed E-state index contributed by atoms with van der Waals surface area (Å²) >= 11 is 0. The topological polar surface area (TPSA) is 89.0 Å². The van der Waals surface area contributed by atoms with Gasteiger partial charge in [0.15, 0.2) is 11.6 Å². The van der Waals surface area contributed by atoms with Crippen LogP contribution in [0.3, 0.4) is 0 Å². The summed E-state index contributed by atoms with van der Waals surface area (Å²) in [6.45, 7) is 3.24. The van der Waals surface area contributed by atoms with E-state index >= 15 is 0 Å². The van der Waals surface area contributed by atoms with Crippen LogP contribution in [0.1, 0.15) is 16.9 Å². The van der Waals surface area contributed by atoms with Gasteiger partial charge in [-0.05, 0) is 24.6 Å². The summed E-state index contributed by atoms with van der Waals surface area (Å²) in [5.41, 5.74) is 9.02. The van der Waals surface area contributed by atoms with Crippen molar-refractivity contribution in [3.05, 3.63) is 65.9 Å². The van der Waals surface area contributed by atoms with E-state index < -0.39 is 0 Å². The summed E-state index contributed by atoms with van der Waals surface area (Å²) in [7, 11) is 0. The summed E-state index contributed by atoms with van der Waals surface area (Å²) in [6, 6.07) is 12.1. The number of benzene rings is 1. The molecule has 0 saturated heterocycles. The highest BCUT2D eigenvalue weighted by atomic mass is 16.3. The molecule has 4 N–H and O–H groups in total. The quantitative estimate of drug-likeness (QED) is 0.648. The van der Waals surface area contributed by atoms with Gasteiger partial charge in [-0.2, -0.15) is 0 Å². The molecule has 1 aromatic carbocycles. The Bertz CT molecular complexity index is 753. The van der Waals surface area contributed by atoms with E-state index in [9.17, 15) is 0 Å². The number of hydrogen-bond donors (Lipinski definition) is 3. The lowest BCUT2D eigenvalue weighted by Crippen LogP contribution is -2.09. The van der Waals surface area contributed by atoms with Crippen molar-refractivity contribution in [2.45, 2.75) is 20.0 Å². The number of nitrogens with one attached hydrogen (secondary N) is 2. The van der Waals surface area contributed by atoms with E-state index in [4.69, 9.17) is 10.2 Å². The van der Waals surface area contributed by atoms with E-state index in [0.29, 0.717) is 30.4 Å². The largest absolute Gasteiger partial charge is 0.467 e. The number of aryl methyl sites for hydroxylation is 1. The minimum Gasteiger partial charge on any atom is -0.467 e. The molecule has 0 bridgehead atoms. The molecule has 6 nitrogen and oxygen atoms in total. The van der Waals surface area contributed by atoms with Crippen LogP contribution in [0.4, 0.5) is 17.3 Å². The van der Waals surface area contributed by atoms with Crippen molar-refractivity contribution in [3.63, 3.8) is 0 Å². The summed E-state index contributed by atoms with van der Waals surface area (Å²) in [4.78, 5) is 8.38. The third-order valence-corrected chi connectivity index (χ3v) is 3.47. The van der Waals surface area contributed by atoms with E-state index in [1.54, 1.807) is 6.26 Å². The average Bonchev–Trinajstić information content (AvgIpc) is 3.08. The lowest BCUT2D eigenvalue weighted by atomic mass is 10.1. The number of aromatic nitrogens is 2. The first-order valence-electron chi connectivity index (χ1n) is 7.38. The molecule has 3 aromatic rings. The second-order valence-electron chi connectivity index (χ2n) is 5.26. The van der Waals surface area contributed by atoms with Crippen LogP contribution in [-0.4, -0.2) is 9.97 Å². The van der Waals surface area contributed by atoms with Crippen molar-refractivity contribution in [3.8, 4) is 0 Å². The fraction of sp³-hybridized carbons (Fsp3) is 0.176. The SMILES string of the molecule is Cc1ccc(CNc2ncnc(NCc3ccco3)c2N)cc1. The second-order valence-corrected chi connectivity index (χ2v) is 5.26. The molecule has 0 spiro atoms. The van der Waals surface area contributed by atoms with Crippen molar-refractivity contribution in [1.82, 2.24) is 9.97 Å². The minimum absolute atomic E-state index is 0.492. The molecule has 0 radical (unpaired) electrons.